The lowest BCUT2D eigenvalue weighted by Gasteiger charge is -2.36. The lowest BCUT2D eigenvalue weighted by Crippen LogP contribution is -2.32. The van der Waals surface area contributed by atoms with E-state index in [2.05, 4.69) is 13.8 Å². The van der Waals surface area contributed by atoms with Crippen molar-refractivity contribution >= 4 is 18.3 Å². The molecule has 0 radical (unpaired) electrons. The molecular weight excluding hydrogens is 295 g/mol. The topological polar surface area (TPSA) is 50.8 Å². The third-order valence-corrected chi connectivity index (χ3v) is 6.83. The predicted molar refractivity (Wildman–Crippen MR) is 83.5 cm³/mol. The van der Waals surface area contributed by atoms with Crippen molar-refractivity contribution in [2.45, 2.75) is 78.0 Å². The molecule has 6 heteroatoms. The maximum atomic E-state index is 12.3. The van der Waals surface area contributed by atoms with Crippen molar-refractivity contribution in [3.8, 4) is 0 Å². The second-order valence-corrected chi connectivity index (χ2v) is 10.2. The number of rotatable bonds is 7. The van der Waals surface area contributed by atoms with Gasteiger partial charge in [-0.25, -0.2) is 0 Å². The lowest BCUT2D eigenvalue weighted by molar-refractivity contribution is -0.190. The van der Waals surface area contributed by atoms with Crippen molar-refractivity contribution in [3.63, 3.8) is 0 Å². The summed E-state index contributed by atoms with van der Waals surface area (Å²) < 4.78 is 17.4. The second kappa shape index (κ2) is 7.66. The molecule has 1 aliphatic rings. The van der Waals surface area contributed by atoms with Crippen molar-refractivity contribution in [3.05, 3.63) is 0 Å². The molecule has 1 unspecified atom stereocenters. The zero-order chi connectivity index (χ0) is 15.5. The van der Waals surface area contributed by atoms with E-state index in [0.29, 0.717) is 12.5 Å². The molecule has 0 aromatic carbocycles. The molecule has 1 rings (SSSR count). The molecule has 0 aliphatic carbocycles. The monoisotopic (exact) mass is 323 g/mol. The van der Waals surface area contributed by atoms with E-state index in [9.17, 15) is 4.89 Å². The Hall–Kier alpha value is 0.490. The molecule has 1 fully saturated rings. The fourth-order valence-electron chi connectivity index (χ4n) is 2.03. The van der Waals surface area contributed by atoms with Crippen LogP contribution in [-0.2, 0) is 25.8 Å². The van der Waals surface area contributed by atoms with Gasteiger partial charge in [0, 0.05) is 6.42 Å². The van der Waals surface area contributed by atoms with Gasteiger partial charge in [-0.1, -0.05) is 39.5 Å². The van der Waals surface area contributed by atoms with Gasteiger partial charge in [0.25, 0.3) is 0 Å². The Morgan fingerprint density at radius 1 is 1.25 bits per heavy atom. The maximum absolute atomic E-state index is 12.3. The molecular formula is C14H28O4PS-. The first-order chi connectivity index (χ1) is 9.13. The molecule has 0 N–H and O–H groups in total. The summed E-state index contributed by atoms with van der Waals surface area (Å²) in [5.41, 5.74) is -0.151. The highest BCUT2D eigenvalue weighted by atomic mass is 32.5. The molecule has 4 nitrogen and oxygen atoms in total. The predicted octanol–water partition coefficient (Wildman–Crippen LogP) is 2.69. The third kappa shape index (κ3) is 5.36. The summed E-state index contributed by atoms with van der Waals surface area (Å²) in [6.07, 6.45) is 0.573. The Kier molecular flexibility index (Phi) is 7.10. The zero-order valence-corrected chi connectivity index (χ0v) is 15.1. The molecule has 1 saturated heterocycles. The minimum Gasteiger partial charge on any atom is -0.800 e. The van der Waals surface area contributed by atoms with Crippen LogP contribution in [0.5, 0.6) is 0 Å². The van der Waals surface area contributed by atoms with E-state index in [4.69, 9.17) is 25.8 Å². The van der Waals surface area contributed by atoms with E-state index in [1.165, 1.54) is 0 Å². The molecule has 0 amide bonds. The summed E-state index contributed by atoms with van der Waals surface area (Å²) in [7, 11) is 0. The van der Waals surface area contributed by atoms with Gasteiger partial charge in [0.15, 0.2) is 0 Å². The second-order valence-electron chi connectivity index (χ2n) is 6.35. The Morgan fingerprint density at radius 3 is 2.30 bits per heavy atom. The first kappa shape index (κ1) is 18.5. The Bertz CT molecular complexity index is 346. The fraction of sp³-hybridized carbons (Fsp3) is 1.00. The molecule has 1 heterocycles. The summed E-state index contributed by atoms with van der Waals surface area (Å²) in [5, 5.41) is 0. The lowest BCUT2D eigenvalue weighted by atomic mass is 10.0. The van der Waals surface area contributed by atoms with Gasteiger partial charge in [-0.15, -0.1) is 0 Å². The van der Waals surface area contributed by atoms with E-state index in [0.717, 1.165) is 6.42 Å². The molecule has 0 aromatic rings. The van der Waals surface area contributed by atoms with Crippen LogP contribution in [0.3, 0.4) is 0 Å². The quantitative estimate of drug-likeness (QED) is 0.674. The van der Waals surface area contributed by atoms with Crippen LogP contribution in [0.1, 0.15) is 48.0 Å². The summed E-state index contributed by atoms with van der Waals surface area (Å²) in [6.45, 7) is 9.32. The molecule has 0 aromatic heterocycles. The first-order valence-electron chi connectivity index (χ1n) is 7.39. The normalized spacial score (nSPS) is 30.4. The van der Waals surface area contributed by atoms with E-state index >= 15 is 0 Å². The van der Waals surface area contributed by atoms with Crippen molar-refractivity contribution in [1.82, 2.24) is 0 Å². The number of ether oxygens (including phenoxy) is 2. The minimum absolute atomic E-state index is 0.114. The van der Waals surface area contributed by atoms with Gasteiger partial charge in [0.2, 0.25) is 0 Å². The average Bonchev–Trinajstić information content (AvgIpc) is 2.68. The van der Waals surface area contributed by atoms with Crippen LogP contribution in [0, 0.1) is 5.92 Å². The van der Waals surface area contributed by atoms with Gasteiger partial charge in [0.05, 0.1) is 24.9 Å². The molecule has 0 spiro atoms. The largest absolute Gasteiger partial charge is 0.800 e. The third-order valence-electron chi connectivity index (χ3n) is 3.48. The van der Waals surface area contributed by atoms with Crippen LogP contribution >= 0.6 is 6.49 Å². The number of hydrogen-bond acceptors (Lipinski definition) is 5. The highest BCUT2D eigenvalue weighted by Gasteiger charge is 2.38. The summed E-state index contributed by atoms with van der Waals surface area (Å²) in [4.78, 5) is 12.3. The summed E-state index contributed by atoms with van der Waals surface area (Å²) >= 11 is 5.13. The van der Waals surface area contributed by atoms with Crippen LogP contribution in [0.4, 0.5) is 0 Å². The molecule has 4 atom stereocenters. The first-order valence-corrected chi connectivity index (χ1v) is 10.1. The molecule has 120 valence electrons. The maximum Gasteiger partial charge on any atom is 0.108 e. The fourth-order valence-corrected chi connectivity index (χ4v) is 3.21. The van der Waals surface area contributed by atoms with Gasteiger partial charge in [-0.05, 0) is 31.9 Å². The molecule has 0 saturated carbocycles. The van der Waals surface area contributed by atoms with Gasteiger partial charge in [-0.3, -0.25) is 0 Å². The van der Waals surface area contributed by atoms with Crippen LogP contribution in [0.15, 0.2) is 0 Å². The van der Waals surface area contributed by atoms with Gasteiger partial charge in [-0.2, -0.15) is 0 Å². The highest BCUT2D eigenvalue weighted by Crippen LogP contribution is 2.47. The minimum atomic E-state index is -3.01. The van der Waals surface area contributed by atoms with Gasteiger partial charge in [0.1, 0.15) is 6.10 Å². The zero-order valence-electron chi connectivity index (χ0n) is 13.4. The van der Waals surface area contributed by atoms with Gasteiger partial charge < -0.3 is 18.9 Å². The smallest absolute Gasteiger partial charge is 0.108 e. The van der Waals surface area contributed by atoms with Crippen molar-refractivity contribution in [1.29, 1.82) is 0 Å². The van der Waals surface area contributed by atoms with Gasteiger partial charge >= 0.3 is 0 Å². The molecule has 20 heavy (non-hydrogen) atoms. The summed E-state index contributed by atoms with van der Waals surface area (Å²) in [6, 6.07) is 0. The van der Waals surface area contributed by atoms with E-state index in [1.807, 2.05) is 27.7 Å². The Balaban J connectivity index is 2.70. The standard InChI is InChI=1S/C14H29O4PS/c1-9(2)12-7-13(18-19(15,20)11(5)6)14(17-12)8-16-10(3)4/h9-14H,7-8H2,1-6H3,(H,15,20)/p-1/t12-,13-,14-,19?/m1/s1. The van der Waals surface area contributed by atoms with Crippen molar-refractivity contribution in [2.75, 3.05) is 6.61 Å². The van der Waals surface area contributed by atoms with Crippen molar-refractivity contribution in [2.24, 2.45) is 5.92 Å². The molecule has 1 aliphatic heterocycles. The van der Waals surface area contributed by atoms with Crippen LogP contribution in [0.2, 0.25) is 0 Å². The van der Waals surface area contributed by atoms with E-state index in [1.54, 1.807) is 0 Å². The molecule has 0 bridgehead atoms. The number of hydrogen-bond donors (Lipinski definition) is 0. The Labute approximate surface area is 128 Å². The van der Waals surface area contributed by atoms with Crippen LogP contribution in [-0.4, -0.2) is 36.7 Å². The Morgan fingerprint density at radius 2 is 1.85 bits per heavy atom. The highest BCUT2D eigenvalue weighted by molar-refractivity contribution is 8.09. The van der Waals surface area contributed by atoms with E-state index in [-0.39, 0.29) is 30.1 Å². The van der Waals surface area contributed by atoms with E-state index < -0.39 is 6.49 Å². The van der Waals surface area contributed by atoms with Crippen molar-refractivity contribution < 1.29 is 18.9 Å². The SMILES string of the molecule is CC(C)OC[C@H]1O[C@@H](C(C)C)C[C@H]1OP([O-])(=S)C(C)C. The summed E-state index contributed by atoms with van der Waals surface area (Å²) in [5.74, 6) is 0.397. The van der Waals surface area contributed by atoms with Crippen LogP contribution < -0.4 is 4.89 Å². The average molecular weight is 323 g/mol. The van der Waals surface area contributed by atoms with Crippen LogP contribution in [0.25, 0.3) is 0 Å².